The number of anilines is 3. The maximum atomic E-state index is 14.4. The first kappa shape index (κ1) is 23.5. The maximum absolute atomic E-state index is 14.4. The maximum Gasteiger partial charge on any atom is 0.247 e. The van der Waals surface area contributed by atoms with E-state index >= 15 is 0 Å². The summed E-state index contributed by atoms with van der Waals surface area (Å²) in [5.74, 6) is -2.15. The van der Waals surface area contributed by atoms with Crippen molar-refractivity contribution in [3.8, 4) is 0 Å². The van der Waals surface area contributed by atoms with Gasteiger partial charge in [0.1, 0.15) is 11.5 Å². The Kier molecular flexibility index (Phi) is 5.25. The van der Waals surface area contributed by atoms with Crippen LogP contribution in [0.2, 0.25) is 5.02 Å². The highest BCUT2D eigenvalue weighted by molar-refractivity contribution is 6.30. The van der Waals surface area contributed by atoms with Crippen LogP contribution in [-0.4, -0.2) is 29.7 Å². The number of amides is 2. The van der Waals surface area contributed by atoms with Crippen LogP contribution in [0.25, 0.3) is 6.08 Å². The van der Waals surface area contributed by atoms with Crippen LogP contribution < -0.4 is 15.5 Å². The van der Waals surface area contributed by atoms with Crippen molar-refractivity contribution in [1.29, 1.82) is 0 Å². The summed E-state index contributed by atoms with van der Waals surface area (Å²) in [6.07, 6.45) is 5.31. The van der Waals surface area contributed by atoms with Crippen molar-refractivity contribution in [2.45, 2.75) is 17.5 Å². The number of rotatable bonds is 4. The first-order chi connectivity index (χ1) is 19.0. The minimum absolute atomic E-state index is 0.0953. The lowest BCUT2D eigenvalue weighted by Gasteiger charge is -2.37. The Bertz CT molecular complexity index is 1660. The Labute approximate surface area is 229 Å². The first-order valence-electron chi connectivity index (χ1n) is 12.6. The molecule has 3 aliphatic heterocycles. The van der Waals surface area contributed by atoms with Gasteiger partial charge in [0, 0.05) is 22.1 Å². The number of hydrogen-bond acceptors (Lipinski definition) is 5. The predicted octanol–water partition coefficient (Wildman–Crippen LogP) is 5.54. The summed E-state index contributed by atoms with van der Waals surface area (Å²) < 4.78 is 5.55. The van der Waals surface area contributed by atoms with Crippen LogP contribution in [-0.2, 0) is 15.0 Å². The number of para-hydroxylation sites is 2. The fourth-order valence-corrected chi connectivity index (χ4v) is 6.57. The molecule has 4 unspecified atom stereocenters. The van der Waals surface area contributed by atoms with Gasteiger partial charge in [-0.15, -0.1) is 0 Å². The smallest absolute Gasteiger partial charge is 0.247 e. The number of hydrogen-bond donors (Lipinski definition) is 2. The van der Waals surface area contributed by atoms with E-state index in [1.165, 1.54) is 6.26 Å². The average molecular weight is 536 g/mol. The van der Waals surface area contributed by atoms with E-state index in [2.05, 4.69) is 10.6 Å². The van der Waals surface area contributed by atoms with E-state index in [0.29, 0.717) is 22.0 Å². The standard InChI is InChI=1S/C31H22ClN3O4/c32-19-12-14-20(15-13-19)33-29(37)27-26(28(36)24-10-5-17-39-24)31(21-7-2-3-8-22(21)34-30(31)38)25-16-11-18-6-1-4-9-23(18)35(25)27/h1-17,25-27H,(H,33,37)(H,34,38). The lowest BCUT2D eigenvalue weighted by molar-refractivity contribution is -0.122. The molecule has 7 nitrogen and oxygen atoms in total. The van der Waals surface area contributed by atoms with E-state index in [1.54, 1.807) is 36.4 Å². The summed E-state index contributed by atoms with van der Waals surface area (Å²) in [5.41, 5.74) is 2.13. The lowest BCUT2D eigenvalue weighted by atomic mass is 9.65. The van der Waals surface area contributed by atoms with Crippen LogP contribution in [0.3, 0.4) is 0 Å². The van der Waals surface area contributed by atoms with Gasteiger partial charge >= 0.3 is 0 Å². The van der Waals surface area contributed by atoms with Crippen LogP contribution in [0.1, 0.15) is 21.7 Å². The number of nitrogens with zero attached hydrogens (tertiary/aromatic N) is 1. The topological polar surface area (TPSA) is 91.6 Å². The van der Waals surface area contributed by atoms with Crippen molar-refractivity contribution < 1.29 is 18.8 Å². The predicted molar refractivity (Wildman–Crippen MR) is 149 cm³/mol. The largest absolute Gasteiger partial charge is 0.461 e. The first-order valence-corrected chi connectivity index (χ1v) is 13.0. The number of nitrogens with one attached hydrogen (secondary N) is 2. The molecular weight excluding hydrogens is 514 g/mol. The van der Waals surface area contributed by atoms with Crippen LogP contribution >= 0.6 is 11.6 Å². The fraction of sp³-hybridized carbons (Fsp3) is 0.129. The fourth-order valence-electron chi connectivity index (χ4n) is 6.44. The summed E-state index contributed by atoms with van der Waals surface area (Å²) >= 11 is 6.06. The van der Waals surface area contributed by atoms with E-state index in [0.717, 1.165) is 11.3 Å². The second-order valence-corrected chi connectivity index (χ2v) is 10.3. The Hall–Kier alpha value is -4.62. The Balaban J connectivity index is 1.48. The molecule has 0 bridgehead atoms. The van der Waals surface area contributed by atoms with Crippen molar-refractivity contribution in [1.82, 2.24) is 0 Å². The molecule has 4 atom stereocenters. The zero-order valence-electron chi connectivity index (χ0n) is 20.5. The molecule has 0 aliphatic carbocycles. The van der Waals surface area contributed by atoms with E-state index in [1.807, 2.05) is 65.6 Å². The number of fused-ring (bicyclic) bond motifs is 6. The second kappa shape index (κ2) is 8.71. The van der Waals surface area contributed by atoms with Crippen LogP contribution in [0.15, 0.2) is 102 Å². The van der Waals surface area contributed by atoms with Gasteiger partial charge < -0.3 is 20.0 Å². The summed E-state index contributed by atoms with van der Waals surface area (Å²) in [7, 11) is 0. The van der Waals surface area contributed by atoms with Crippen LogP contribution in [0.4, 0.5) is 17.1 Å². The quantitative estimate of drug-likeness (QED) is 0.335. The third-order valence-electron chi connectivity index (χ3n) is 7.97. The molecule has 4 heterocycles. The van der Waals surface area contributed by atoms with Crippen LogP contribution in [0.5, 0.6) is 0 Å². The Morgan fingerprint density at radius 3 is 2.51 bits per heavy atom. The number of benzene rings is 3. The number of halogens is 1. The molecule has 1 spiro atoms. The lowest BCUT2D eigenvalue weighted by Crippen LogP contribution is -2.51. The molecule has 1 aromatic heterocycles. The van der Waals surface area contributed by atoms with E-state index in [9.17, 15) is 14.4 Å². The number of carbonyl (C=O) groups excluding carboxylic acids is 3. The molecule has 39 heavy (non-hydrogen) atoms. The van der Waals surface area contributed by atoms with Crippen molar-refractivity contribution >= 4 is 52.3 Å². The van der Waals surface area contributed by atoms with Crippen molar-refractivity contribution in [3.63, 3.8) is 0 Å². The molecule has 4 aromatic rings. The van der Waals surface area contributed by atoms with Crippen molar-refractivity contribution in [3.05, 3.63) is 119 Å². The second-order valence-electron chi connectivity index (χ2n) is 9.90. The third-order valence-corrected chi connectivity index (χ3v) is 8.22. The van der Waals surface area contributed by atoms with Gasteiger partial charge in [-0.2, -0.15) is 0 Å². The van der Waals surface area contributed by atoms with E-state index in [4.69, 9.17) is 16.0 Å². The molecule has 0 radical (unpaired) electrons. The molecule has 1 saturated heterocycles. The SMILES string of the molecule is O=C(Nc1ccc(Cl)cc1)C1C(C(=O)c2ccco2)C2(C(=O)Nc3ccccc32)C2C=Cc3ccccc3N12. The number of Topliss-reactive ketones (excluding diaryl/α,β-unsaturated/α-hetero) is 1. The third kappa shape index (κ3) is 3.33. The van der Waals surface area contributed by atoms with E-state index < -0.39 is 35.1 Å². The average Bonchev–Trinajstić information content (AvgIpc) is 3.67. The summed E-state index contributed by atoms with van der Waals surface area (Å²) in [5, 5.41) is 6.51. The zero-order valence-corrected chi connectivity index (χ0v) is 21.3. The number of furan rings is 1. The molecular formula is C31H22ClN3O4. The van der Waals surface area contributed by atoms with Crippen molar-refractivity contribution in [2.24, 2.45) is 5.92 Å². The molecule has 8 heteroatoms. The Morgan fingerprint density at radius 2 is 1.72 bits per heavy atom. The van der Waals surface area contributed by atoms with Crippen molar-refractivity contribution in [2.75, 3.05) is 15.5 Å². The molecule has 7 rings (SSSR count). The van der Waals surface area contributed by atoms with Gasteiger partial charge in [0.15, 0.2) is 5.76 Å². The van der Waals surface area contributed by atoms with E-state index in [-0.39, 0.29) is 11.7 Å². The van der Waals surface area contributed by atoms with Gasteiger partial charge in [0.2, 0.25) is 17.6 Å². The van der Waals surface area contributed by atoms with Gasteiger partial charge in [-0.3, -0.25) is 14.4 Å². The normalized spacial score (nSPS) is 24.2. The summed E-state index contributed by atoms with van der Waals surface area (Å²) in [6, 6.07) is 23.4. The Morgan fingerprint density at radius 1 is 0.949 bits per heavy atom. The molecule has 2 amide bonds. The zero-order chi connectivity index (χ0) is 26.7. The van der Waals surface area contributed by atoms with Gasteiger partial charge in [0.25, 0.3) is 0 Å². The van der Waals surface area contributed by atoms with Gasteiger partial charge in [0.05, 0.1) is 18.2 Å². The molecule has 2 N–H and O–H groups in total. The molecule has 0 saturated carbocycles. The van der Waals surface area contributed by atoms with Crippen LogP contribution in [0, 0.1) is 5.92 Å². The number of ketones is 1. The highest BCUT2D eigenvalue weighted by Crippen LogP contribution is 2.57. The molecule has 3 aliphatic rings. The molecule has 192 valence electrons. The van der Waals surface area contributed by atoms with Gasteiger partial charge in [-0.25, -0.2) is 0 Å². The monoisotopic (exact) mass is 535 g/mol. The van der Waals surface area contributed by atoms with Gasteiger partial charge in [-0.05, 0) is 59.7 Å². The highest BCUT2D eigenvalue weighted by atomic mass is 35.5. The summed E-state index contributed by atoms with van der Waals surface area (Å²) in [6.45, 7) is 0. The molecule has 3 aromatic carbocycles. The minimum atomic E-state index is -1.38. The summed E-state index contributed by atoms with van der Waals surface area (Å²) in [4.78, 5) is 44.7. The van der Waals surface area contributed by atoms with Gasteiger partial charge in [-0.1, -0.05) is 60.2 Å². The number of carbonyl (C=O) groups is 3. The molecule has 1 fully saturated rings. The highest BCUT2D eigenvalue weighted by Gasteiger charge is 2.70. The minimum Gasteiger partial charge on any atom is -0.461 e.